The Bertz CT molecular complexity index is 1110. The van der Waals surface area contributed by atoms with E-state index in [4.69, 9.17) is 4.52 Å². The van der Waals surface area contributed by atoms with E-state index >= 15 is 0 Å². The first-order valence-electron chi connectivity index (χ1n) is 9.38. The summed E-state index contributed by atoms with van der Waals surface area (Å²) < 4.78 is 32.8. The van der Waals surface area contributed by atoms with Crippen LogP contribution in [0.3, 0.4) is 0 Å². The fourth-order valence-electron chi connectivity index (χ4n) is 3.31. The van der Waals surface area contributed by atoms with Gasteiger partial charge in [0.1, 0.15) is 0 Å². The van der Waals surface area contributed by atoms with Gasteiger partial charge in [-0.2, -0.15) is 4.31 Å². The van der Waals surface area contributed by atoms with Gasteiger partial charge >= 0.3 is 0 Å². The van der Waals surface area contributed by atoms with Gasteiger partial charge in [-0.25, -0.2) is 8.42 Å². The number of hydrogen-bond acceptors (Lipinski definition) is 6. The van der Waals surface area contributed by atoms with Crippen molar-refractivity contribution in [3.8, 4) is 10.6 Å². The Morgan fingerprint density at radius 1 is 1.17 bits per heavy atom. The molecule has 0 aliphatic carbocycles. The van der Waals surface area contributed by atoms with Crippen molar-refractivity contribution < 1.29 is 17.7 Å². The highest BCUT2D eigenvalue weighted by molar-refractivity contribution is 7.89. The number of nitrogens with zero attached hydrogens (tertiary/aromatic N) is 2. The van der Waals surface area contributed by atoms with E-state index in [9.17, 15) is 13.2 Å². The standard InChI is InChI=1S/C20H21N3O4S2/c1-14-7-8-15(12-19(14)29(25,26)23-9-3-2-4-10-23)21-20(24)16-13-17(27-22-16)18-6-5-11-28-18/h5-8,11-13H,2-4,9-10H2,1H3,(H,21,24). The molecule has 152 valence electrons. The molecule has 3 aromatic rings. The van der Waals surface area contributed by atoms with Crippen LogP contribution in [-0.4, -0.2) is 36.9 Å². The number of nitrogens with one attached hydrogen (secondary N) is 1. The molecule has 1 amide bonds. The normalized spacial score (nSPS) is 15.3. The fourth-order valence-corrected chi connectivity index (χ4v) is 5.75. The molecular formula is C20H21N3O4S2. The summed E-state index contributed by atoms with van der Waals surface area (Å²) in [5, 5.41) is 8.45. The molecule has 0 saturated carbocycles. The predicted molar refractivity (Wildman–Crippen MR) is 112 cm³/mol. The van der Waals surface area contributed by atoms with Gasteiger partial charge in [-0.3, -0.25) is 4.79 Å². The Labute approximate surface area is 173 Å². The number of benzene rings is 1. The number of thiophene rings is 1. The topological polar surface area (TPSA) is 92.5 Å². The monoisotopic (exact) mass is 431 g/mol. The molecule has 0 spiro atoms. The van der Waals surface area contributed by atoms with Crippen molar-refractivity contribution in [1.29, 1.82) is 0 Å². The number of piperidine rings is 1. The van der Waals surface area contributed by atoms with Crippen molar-refractivity contribution in [2.45, 2.75) is 31.1 Å². The summed E-state index contributed by atoms with van der Waals surface area (Å²) in [4.78, 5) is 13.7. The molecule has 29 heavy (non-hydrogen) atoms. The van der Waals surface area contributed by atoms with Gasteiger partial charge < -0.3 is 9.84 Å². The molecule has 1 aliphatic heterocycles. The van der Waals surface area contributed by atoms with E-state index in [0.717, 1.165) is 24.1 Å². The molecule has 1 aromatic carbocycles. The number of aromatic nitrogens is 1. The van der Waals surface area contributed by atoms with Crippen molar-refractivity contribution in [1.82, 2.24) is 9.46 Å². The minimum atomic E-state index is -3.59. The fraction of sp³-hybridized carbons (Fsp3) is 0.300. The first kappa shape index (κ1) is 19.8. The maximum absolute atomic E-state index is 13.0. The third-order valence-electron chi connectivity index (χ3n) is 4.89. The van der Waals surface area contributed by atoms with Crippen molar-refractivity contribution in [2.24, 2.45) is 0 Å². The van der Waals surface area contributed by atoms with Crippen LogP contribution in [0.15, 0.2) is 51.2 Å². The Balaban J connectivity index is 1.55. The molecule has 9 heteroatoms. The quantitative estimate of drug-likeness (QED) is 0.655. The largest absolute Gasteiger partial charge is 0.355 e. The smallest absolute Gasteiger partial charge is 0.277 e. The van der Waals surface area contributed by atoms with Crippen LogP contribution in [0.4, 0.5) is 5.69 Å². The van der Waals surface area contributed by atoms with E-state index in [2.05, 4.69) is 10.5 Å². The number of carbonyl (C=O) groups is 1. The molecule has 2 aromatic heterocycles. The molecule has 0 unspecified atom stereocenters. The Kier molecular flexibility index (Phi) is 5.53. The molecule has 3 heterocycles. The second-order valence-corrected chi connectivity index (χ2v) is 9.81. The summed E-state index contributed by atoms with van der Waals surface area (Å²) in [6.45, 7) is 2.82. The zero-order valence-corrected chi connectivity index (χ0v) is 17.6. The SMILES string of the molecule is Cc1ccc(NC(=O)c2cc(-c3cccs3)on2)cc1S(=O)(=O)N1CCCCC1. The molecule has 1 aliphatic rings. The summed E-state index contributed by atoms with van der Waals surface area (Å²) in [5.74, 6) is 0.0594. The highest BCUT2D eigenvalue weighted by Crippen LogP contribution is 2.27. The van der Waals surface area contributed by atoms with E-state index in [-0.39, 0.29) is 10.6 Å². The van der Waals surface area contributed by atoms with Crippen LogP contribution in [-0.2, 0) is 10.0 Å². The lowest BCUT2D eigenvalue weighted by atomic mass is 10.2. The summed E-state index contributed by atoms with van der Waals surface area (Å²) in [6.07, 6.45) is 2.78. The van der Waals surface area contributed by atoms with Crippen LogP contribution in [0.1, 0.15) is 35.3 Å². The lowest BCUT2D eigenvalue weighted by Crippen LogP contribution is -2.36. The van der Waals surface area contributed by atoms with Crippen LogP contribution in [0.25, 0.3) is 10.6 Å². The predicted octanol–water partition coefficient (Wildman–Crippen LogP) is 4.14. The van der Waals surface area contributed by atoms with E-state index < -0.39 is 15.9 Å². The lowest BCUT2D eigenvalue weighted by Gasteiger charge is -2.26. The molecular weight excluding hydrogens is 410 g/mol. The van der Waals surface area contributed by atoms with Gasteiger partial charge in [0.05, 0.1) is 9.77 Å². The van der Waals surface area contributed by atoms with Crippen LogP contribution < -0.4 is 5.32 Å². The molecule has 4 rings (SSSR count). The third kappa shape index (κ3) is 4.12. The molecule has 1 fully saturated rings. The minimum Gasteiger partial charge on any atom is -0.355 e. The van der Waals surface area contributed by atoms with E-state index in [1.165, 1.54) is 21.7 Å². The highest BCUT2D eigenvalue weighted by Gasteiger charge is 2.27. The third-order valence-corrected chi connectivity index (χ3v) is 7.81. The lowest BCUT2D eigenvalue weighted by molar-refractivity contribution is 0.101. The number of anilines is 1. The summed E-state index contributed by atoms with van der Waals surface area (Å²) >= 11 is 1.49. The van der Waals surface area contributed by atoms with Gasteiger partial charge in [0, 0.05) is 24.8 Å². The highest BCUT2D eigenvalue weighted by atomic mass is 32.2. The first-order chi connectivity index (χ1) is 13.9. The summed E-state index contributed by atoms with van der Waals surface area (Å²) in [7, 11) is -3.59. The van der Waals surface area contributed by atoms with Gasteiger partial charge in [0.2, 0.25) is 10.0 Å². The van der Waals surface area contributed by atoms with Gasteiger partial charge in [-0.15, -0.1) is 11.3 Å². The minimum absolute atomic E-state index is 0.134. The van der Waals surface area contributed by atoms with E-state index in [1.54, 1.807) is 25.1 Å². The zero-order valence-electron chi connectivity index (χ0n) is 15.9. The van der Waals surface area contributed by atoms with Crippen LogP contribution >= 0.6 is 11.3 Å². The molecule has 0 radical (unpaired) electrons. The first-order valence-corrected chi connectivity index (χ1v) is 11.7. The Morgan fingerprint density at radius 3 is 2.69 bits per heavy atom. The van der Waals surface area contributed by atoms with Gasteiger partial charge in [-0.05, 0) is 48.9 Å². The summed E-state index contributed by atoms with van der Waals surface area (Å²) in [6, 6.07) is 10.2. The van der Waals surface area contributed by atoms with Gasteiger partial charge in [-0.1, -0.05) is 23.7 Å². The number of hydrogen-bond donors (Lipinski definition) is 1. The zero-order chi connectivity index (χ0) is 20.4. The maximum Gasteiger partial charge on any atom is 0.277 e. The molecule has 1 saturated heterocycles. The van der Waals surface area contributed by atoms with Crippen LogP contribution in [0.2, 0.25) is 0 Å². The molecule has 7 nitrogen and oxygen atoms in total. The van der Waals surface area contributed by atoms with Crippen molar-refractivity contribution >= 4 is 33.0 Å². The van der Waals surface area contributed by atoms with Crippen LogP contribution in [0, 0.1) is 6.92 Å². The molecule has 0 bridgehead atoms. The van der Waals surface area contributed by atoms with Gasteiger partial charge in [0.25, 0.3) is 5.91 Å². The van der Waals surface area contributed by atoms with Crippen LogP contribution in [0.5, 0.6) is 0 Å². The average Bonchev–Trinajstić information content (AvgIpc) is 3.42. The van der Waals surface area contributed by atoms with Crippen molar-refractivity contribution in [3.63, 3.8) is 0 Å². The molecule has 0 atom stereocenters. The Hall–Kier alpha value is -2.49. The Morgan fingerprint density at radius 2 is 1.97 bits per heavy atom. The van der Waals surface area contributed by atoms with Gasteiger partial charge in [0.15, 0.2) is 11.5 Å². The number of sulfonamides is 1. The average molecular weight is 432 g/mol. The maximum atomic E-state index is 13.0. The number of aryl methyl sites for hydroxylation is 1. The number of amides is 1. The molecule has 1 N–H and O–H groups in total. The van der Waals surface area contributed by atoms with Crippen molar-refractivity contribution in [2.75, 3.05) is 18.4 Å². The number of carbonyl (C=O) groups excluding carboxylic acids is 1. The number of rotatable bonds is 5. The second-order valence-electron chi connectivity index (χ2n) is 6.95. The second kappa shape index (κ2) is 8.10. The van der Waals surface area contributed by atoms with E-state index in [0.29, 0.717) is 30.1 Å². The summed E-state index contributed by atoms with van der Waals surface area (Å²) in [5.41, 5.74) is 1.18. The van der Waals surface area contributed by atoms with Crippen molar-refractivity contribution in [3.05, 3.63) is 53.0 Å². The van der Waals surface area contributed by atoms with E-state index in [1.807, 2.05) is 17.5 Å².